The Morgan fingerprint density at radius 2 is 2.50 bits per heavy atom. The lowest BCUT2D eigenvalue weighted by Gasteiger charge is -2.20. The van der Waals surface area contributed by atoms with Crippen LogP contribution in [-0.2, 0) is 11.3 Å². The summed E-state index contributed by atoms with van der Waals surface area (Å²) in [7, 11) is 0. The highest BCUT2D eigenvalue weighted by atomic mass is 32.1. The van der Waals surface area contributed by atoms with Crippen LogP contribution in [0.3, 0.4) is 0 Å². The topological polar surface area (TPSA) is 45.2 Å². The molecule has 1 saturated carbocycles. The van der Waals surface area contributed by atoms with Crippen molar-refractivity contribution >= 4 is 17.2 Å². The van der Waals surface area contributed by atoms with Gasteiger partial charge in [0.2, 0.25) is 5.91 Å². The zero-order valence-corrected chi connectivity index (χ0v) is 10.3. The monoisotopic (exact) mass is 239 g/mol. The minimum absolute atomic E-state index is 0.217. The minimum Gasteiger partial charge on any atom is -0.339 e. The largest absolute Gasteiger partial charge is 0.339 e. The molecule has 2 rings (SSSR count). The maximum atomic E-state index is 11.8. The van der Waals surface area contributed by atoms with Crippen LogP contribution in [0, 0.1) is 0 Å². The van der Waals surface area contributed by atoms with Crippen molar-refractivity contribution < 1.29 is 4.79 Å². The molecule has 1 N–H and O–H groups in total. The predicted octanol–water partition coefficient (Wildman–Crippen LogP) is 1.24. The summed E-state index contributed by atoms with van der Waals surface area (Å²) in [6, 6.07) is 0.516. The van der Waals surface area contributed by atoms with Crippen molar-refractivity contribution in [3.05, 3.63) is 16.6 Å². The van der Waals surface area contributed by atoms with E-state index in [4.69, 9.17) is 0 Å². The van der Waals surface area contributed by atoms with E-state index in [-0.39, 0.29) is 5.91 Å². The molecular weight excluding hydrogens is 222 g/mol. The Morgan fingerprint density at radius 1 is 1.69 bits per heavy atom. The molecule has 0 aliphatic heterocycles. The number of nitrogens with one attached hydrogen (secondary N) is 1. The summed E-state index contributed by atoms with van der Waals surface area (Å²) in [5.41, 5.74) is 1.81. The summed E-state index contributed by atoms with van der Waals surface area (Å²) in [6.07, 6.45) is 4.18. The van der Waals surface area contributed by atoms with E-state index in [1.54, 1.807) is 16.8 Å². The number of nitrogens with zero attached hydrogens (tertiary/aromatic N) is 2. The lowest BCUT2D eigenvalue weighted by molar-refractivity contribution is -0.130. The second-order valence-corrected chi connectivity index (χ2v) is 4.95. The molecule has 0 radical (unpaired) electrons. The normalized spacial score (nSPS) is 15.1. The zero-order chi connectivity index (χ0) is 11.4. The fraction of sp³-hybridized carbons (Fsp3) is 0.636. The van der Waals surface area contributed by atoms with Gasteiger partial charge in [0.25, 0.3) is 0 Å². The van der Waals surface area contributed by atoms with E-state index in [2.05, 4.69) is 10.3 Å². The molecule has 0 saturated heterocycles. The van der Waals surface area contributed by atoms with Crippen LogP contribution in [0.2, 0.25) is 0 Å². The molecule has 1 aliphatic carbocycles. The van der Waals surface area contributed by atoms with Gasteiger partial charge in [0.15, 0.2) is 0 Å². The molecule has 1 amide bonds. The van der Waals surface area contributed by atoms with E-state index < -0.39 is 0 Å². The molecule has 88 valence electrons. The maximum absolute atomic E-state index is 11.8. The summed E-state index contributed by atoms with van der Waals surface area (Å²) in [6.45, 7) is 4.03. The van der Waals surface area contributed by atoms with E-state index >= 15 is 0 Å². The number of likely N-dealkylation sites (N-methyl/N-ethyl adjacent to an activating group) is 1. The fourth-order valence-electron chi connectivity index (χ4n) is 1.75. The maximum Gasteiger partial charge on any atom is 0.236 e. The SMILES string of the molecule is CCN(C(=O)CNCc1cncs1)C1CC1. The highest BCUT2D eigenvalue weighted by molar-refractivity contribution is 7.09. The molecule has 1 heterocycles. The van der Waals surface area contributed by atoms with Crippen molar-refractivity contribution in [1.82, 2.24) is 15.2 Å². The molecule has 0 bridgehead atoms. The molecule has 4 nitrogen and oxygen atoms in total. The Kier molecular flexibility index (Phi) is 3.90. The molecule has 16 heavy (non-hydrogen) atoms. The van der Waals surface area contributed by atoms with Gasteiger partial charge in [-0.25, -0.2) is 0 Å². The van der Waals surface area contributed by atoms with Crippen LogP contribution in [0.15, 0.2) is 11.7 Å². The molecule has 1 aromatic rings. The highest BCUT2D eigenvalue weighted by Gasteiger charge is 2.30. The van der Waals surface area contributed by atoms with Crippen LogP contribution in [0.25, 0.3) is 0 Å². The van der Waals surface area contributed by atoms with Gasteiger partial charge in [-0.1, -0.05) is 0 Å². The lowest BCUT2D eigenvalue weighted by Crippen LogP contribution is -2.39. The number of rotatable bonds is 6. The summed E-state index contributed by atoms with van der Waals surface area (Å²) in [5, 5.41) is 3.16. The van der Waals surface area contributed by atoms with Gasteiger partial charge in [0.1, 0.15) is 0 Å². The van der Waals surface area contributed by atoms with Crippen LogP contribution in [-0.4, -0.2) is 34.9 Å². The van der Waals surface area contributed by atoms with Gasteiger partial charge >= 0.3 is 0 Å². The average molecular weight is 239 g/mol. The zero-order valence-electron chi connectivity index (χ0n) is 9.48. The number of hydrogen-bond acceptors (Lipinski definition) is 4. The van der Waals surface area contributed by atoms with Crippen molar-refractivity contribution in [2.45, 2.75) is 32.4 Å². The van der Waals surface area contributed by atoms with Crippen LogP contribution in [0.4, 0.5) is 0 Å². The molecule has 1 aliphatic rings. The standard InChI is InChI=1S/C11H17N3OS/c1-2-14(9-3-4-9)11(15)7-12-5-10-6-13-8-16-10/h6,8-9,12H,2-5,7H2,1H3. The third kappa shape index (κ3) is 3.02. The third-order valence-corrected chi connectivity index (χ3v) is 3.49. The summed E-state index contributed by atoms with van der Waals surface area (Å²) in [4.78, 5) is 19.0. The molecule has 5 heteroatoms. The first kappa shape index (κ1) is 11.5. The smallest absolute Gasteiger partial charge is 0.236 e. The molecule has 0 aromatic carbocycles. The Morgan fingerprint density at radius 3 is 3.06 bits per heavy atom. The summed E-state index contributed by atoms with van der Waals surface area (Å²) in [5.74, 6) is 0.217. The molecule has 1 aromatic heterocycles. The molecular formula is C11H17N3OS. The third-order valence-electron chi connectivity index (χ3n) is 2.71. The number of hydrogen-bond donors (Lipinski definition) is 1. The number of aromatic nitrogens is 1. The predicted molar refractivity (Wildman–Crippen MR) is 64.2 cm³/mol. The first-order valence-corrected chi connectivity index (χ1v) is 6.56. The van der Waals surface area contributed by atoms with Crippen LogP contribution < -0.4 is 5.32 Å². The first-order valence-electron chi connectivity index (χ1n) is 5.68. The van der Waals surface area contributed by atoms with Gasteiger partial charge in [0, 0.05) is 30.2 Å². The Labute approximate surface area is 99.7 Å². The molecule has 1 fully saturated rings. The molecule has 0 unspecified atom stereocenters. The first-order chi connectivity index (χ1) is 7.81. The van der Waals surface area contributed by atoms with Gasteiger partial charge in [-0.3, -0.25) is 9.78 Å². The minimum atomic E-state index is 0.217. The summed E-state index contributed by atoms with van der Waals surface area (Å²) < 4.78 is 0. The van der Waals surface area contributed by atoms with Crippen LogP contribution in [0.1, 0.15) is 24.6 Å². The Hall–Kier alpha value is -0.940. The van der Waals surface area contributed by atoms with Crippen molar-refractivity contribution in [1.29, 1.82) is 0 Å². The van der Waals surface area contributed by atoms with Gasteiger partial charge in [-0.2, -0.15) is 0 Å². The van der Waals surface area contributed by atoms with E-state index in [9.17, 15) is 4.79 Å². The van der Waals surface area contributed by atoms with Gasteiger partial charge in [-0.15, -0.1) is 11.3 Å². The summed E-state index contributed by atoms with van der Waals surface area (Å²) >= 11 is 1.61. The number of carbonyl (C=O) groups is 1. The van der Waals surface area contributed by atoms with Gasteiger partial charge in [0.05, 0.1) is 12.1 Å². The Balaban J connectivity index is 1.70. The second kappa shape index (κ2) is 5.41. The van der Waals surface area contributed by atoms with Crippen molar-refractivity contribution in [2.75, 3.05) is 13.1 Å². The van der Waals surface area contributed by atoms with Crippen molar-refractivity contribution in [3.8, 4) is 0 Å². The second-order valence-electron chi connectivity index (χ2n) is 3.98. The van der Waals surface area contributed by atoms with E-state index in [0.29, 0.717) is 12.6 Å². The lowest BCUT2D eigenvalue weighted by atomic mass is 10.4. The average Bonchev–Trinajstić information content (AvgIpc) is 2.96. The van der Waals surface area contributed by atoms with E-state index in [1.165, 1.54) is 17.7 Å². The van der Waals surface area contributed by atoms with E-state index in [1.807, 2.05) is 18.0 Å². The number of carbonyl (C=O) groups excluding carboxylic acids is 1. The number of thiazole rings is 1. The number of amides is 1. The van der Waals surface area contributed by atoms with Crippen LogP contribution in [0.5, 0.6) is 0 Å². The van der Waals surface area contributed by atoms with Gasteiger partial charge in [-0.05, 0) is 19.8 Å². The molecule has 0 atom stereocenters. The van der Waals surface area contributed by atoms with Crippen molar-refractivity contribution in [2.24, 2.45) is 0 Å². The van der Waals surface area contributed by atoms with Crippen molar-refractivity contribution in [3.63, 3.8) is 0 Å². The quantitative estimate of drug-likeness (QED) is 0.812. The van der Waals surface area contributed by atoms with Crippen LogP contribution >= 0.6 is 11.3 Å². The highest BCUT2D eigenvalue weighted by Crippen LogP contribution is 2.26. The Bertz CT molecular complexity index is 335. The fourth-order valence-corrected chi connectivity index (χ4v) is 2.31. The van der Waals surface area contributed by atoms with Gasteiger partial charge < -0.3 is 10.2 Å². The molecule has 0 spiro atoms. The van der Waals surface area contributed by atoms with E-state index in [0.717, 1.165) is 13.1 Å².